The van der Waals surface area contributed by atoms with E-state index < -0.39 is 0 Å². The van der Waals surface area contributed by atoms with Crippen LogP contribution in [0.3, 0.4) is 0 Å². The number of halogens is 1. The van der Waals surface area contributed by atoms with E-state index in [9.17, 15) is 9.59 Å². The van der Waals surface area contributed by atoms with E-state index in [2.05, 4.69) is 16.0 Å². The molecule has 0 spiro atoms. The Bertz CT molecular complexity index is 282. The molecule has 1 aliphatic carbocycles. The first-order chi connectivity index (χ1) is 9.22. The number of carbonyl (C=O) groups excluding carboxylic acids is 2. The summed E-state index contributed by atoms with van der Waals surface area (Å²) in [5.74, 6) is 0.615. The van der Waals surface area contributed by atoms with Gasteiger partial charge < -0.3 is 16.0 Å². The van der Waals surface area contributed by atoms with E-state index >= 15 is 0 Å². The van der Waals surface area contributed by atoms with Crippen LogP contribution < -0.4 is 16.0 Å². The van der Waals surface area contributed by atoms with Crippen LogP contribution in [0, 0.1) is 5.92 Å². The van der Waals surface area contributed by atoms with Crippen LogP contribution in [0.1, 0.15) is 44.9 Å². The van der Waals surface area contributed by atoms with Gasteiger partial charge in [-0.2, -0.15) is 0 Å². The lowest BCUT2D eigenvalue weighted by Gasteiger charge is -2.09. The molecule has 0 aromatic rings. The minimum absolute atomic E-state index is 0. The van der Waals surface area contributed by atoms with E-state index in [-0.39, 0.29) is 30.8 Å². The summed E-state index contributed by atoms with van der Waals surface area (Å²) in [6.45, 7) is 1.63. The third-order valence-electron chi connectivity index (χ3n) is 3.63. The Kier molecular flexibility index (Phi) is 11.5. The lowest BCUT2D eigenvalue weighted by atomic mass is 10.0. The van der Waals surface area contributed by atoms with E-state index in [1.807, 2.05) is 7.05 Å². The number of hydrogen-bond acceptors (Lipinski definition) is 3. The zero-order chi connectivity index (χ0) is 13.9. The molecule has 0 bridgehead atoms. The second-order valence-electron chi connectivity index (χ2n) is 5.27. The van der Waals surface area contributed by atoms with Gasteiger partial charge in [0.25, 0.3) is 0 Å². The van der Waals surface area contributed by atoms with Gasteiger partial charge in [0.05, 0.1) is 6.54 Å². The Morgan fingerprint density at radius 3 is 2.40 bits per heavy atom. The highest BCUT2D eigenvalue weighted by Crippen LogP contribution is 2.28. The molecule has 2 amide bonds. The molecule has 0 aromatic heterocycles. The quantitative estimate of drug-likeness (QED) is 0.561. The maximum atomic E-state index is 11.6. The molecule has 1 aliphatic rings. The predicted molar refractivity (Wildman–Crippen MR) is 83.0 cm³/mol. The van der Waals surface area contributed by atoms with Crippen molar-refractivity contribution < 1.29 is 9.59 Å². The normalized spacial score (nSPS) is 14.7. The molecular weight excluding hydrogens is 278 g/mol. The molecule has 1 saturated carbocycles. The van der Waals surface area contributed by atoms with Crippen LogP contribution in [0.15, 0.2) is 0 Å². The van der Waals surface area contributed by atoms with Crippen molar-refractivity contribution in [3.05, 3.63) is 0 Å². The molecule has 0 atom stereocenters. The number of nitrogens with one attached hydrogen (secondary N) is 3. The molecule has 0 saturated heterocycles. The fourth-order valence-corrected chi connectivity index (χ4v) is 2.46. The summed E-state index contributed by atoms with van der Waals surface area (Å²) in [5.41, 5.74) is 0. The second-order valence-corrected chi connectivity index (χ2v) is 5.27. The maximum Gasteiger partial charge on any atom is 0.239 e. The van der Waals surface area contributed by atoms with Crippen molar-refractivity contribution >= 4 is 24.2 Å². The van der Waals surface area contributed by atoms with Crippen molar-refractivity contribution in [2.75, 3.05) is 26.7 Å². The standard InChI is InChI=1S/C14H27N3O2.ClH/c1-15-9-4-10-16-14(19)11-17-13(18)8-7-12-5-2-3-6-12;/h12,15H,2-11H2,1H3,(H,16,19)(H,17,18);1H. The van der Waals surface area contributed by atoms with Crippen LogP contribution in [0.5, 0.6) is 0 Å². The molecule has 5 nitrogen and oxygen atoms in total. The molecule has 1 rings (SSSR count). The first-order valence-corrected chi connectivity index (χ1v) is 7.40. The zero-order valence-corrected chi connectivity index (χ0v) is 13.2. The number of rotatable bonds is 9. The van der Waals surface area contributed by atoms with Gasteiger partial charge in [0, 0.05) is 13.0 Å². The first-order valence-electron chi connectivity index (χ1n) is 7.40. The second kappa shape index (κ2) is 12.0. The van der Waals surface area contributed by atoms with E-state index in [0.717, 1.165) is 25.3 Å². The number of amides is 2. The lowest BCUT2D eigenvalue weighted by Crippen LogP contribution is -2.37. The molecule has 118 valence electrons. The van der Waals surface area contributed by atoms with Crippen LogP contribution in [-0.4, -0.2) is 38.5 Å². The molecule has 0 heterocycles. The Morgan fingerprint density at radius 1 is 1.05 bits per heavy atom. The van der Waals surface area contributed by atoms with Crippen molar-refractivity contribution in [2.24, 2.45) is 5.92 Å². The van der Waals surface area contributed by atoms with Crippen molar-refractivity contribution in [1.29, 1.82) is 0 Å². The van der Waals surface area contributed by atoms with Gasteiger partial charge in [-0.1, -0.05) is 25.7 Å². The van der Waals surface area contributed by atoms with E-state index in [1.54, 1.807) is 0 Å². The van der Waals surface area contributed by atoms with Gasteiger partial charge in [-0.05, 0) is 32.4 Å². The minimum atomic E-state index is -0.106. The summed E-state index contributed by atoms with van der Waals surface area (Å²) < 4.78 is 0. The lowest BCUT2D eigenvalue weighted by molar-refractivity contribution is -0.126. The molecule has 0 aromatic carbocycles. The monoisotopic (exact) mass is 305 g/mol. The van der Waals surface area contributed by atoms with Crippen LogP contribution in [-0.2, 0) is 9.59 Å². The Labute approximate surface area is 128 Å². The van der Waals surface area contributed by atoms with Crippen LogP contribution in [0.4, 0.5) is 0 Å². The average molecular weight is 306 g/mol. The SMILES string of the molecule is CNCCCNC(=O)CNC(=O)CCC1CCCC1.Cl. The average Bonchev–Trinajstić information content (AvgIpc) is 2.92. The maximum absolute atomic E-state index is 11.6. The van der Waals surface area contributed by atoms with Gasteiger partial charge in [0.2, 0.25) is 11.8 Å². The van der Waals surface area contributed by atoms with Crippen LogP contribution >= 0.6 is 12.4 Å². The Balaban J connectivity index is 0.00000361. The summed E-state index contributed by atoms with van der Waals surface area (Å²) in [7, 11) is 1.88. The molecule has 3 N–H and O–H groups in total. The highest BCUT2D eigenvalue weighted by atomic mass is 35.5. The van der Waals surface area contributed by atoms with Crippen LogP contribution in [0.25, 0.3) is 0 Å². The van der Waals surface area contributed by atoms with E-state index in [0.29, 0.717) is 13.0 Å². The molecule has 1 fully saturated rings. The van der Waals surface area contributed by atoms with Gasteiger partial charge in [0.15, 0.2) is 0 Å². The van der Waals surface area contributed by atoms with Gasteiger partial charge in [-0.25, -0.2) is 0 Å². The molecule has 0 unspecified atom stereocenters. The van der Waals surface area contributed by atoms with Gasteiger partial charge in [-0.15, -0.1) is 12.4 Å². The summed E-state index contributed by atoms with van der Waals surface area (Å²) >= 11 is 0. The van der Waals surface area contributed by atoms with Crippen molar-refractivity contribution in [1.82, 2.24) is 16.0 Å². The van der Waals surface area contributed by atoms with E-state index in [4.69, 9.17) is 0 Å². The summed E-state index contributed by atoms with van der Waals surface area (Å²) in [6.07, 6.45) is 7.56. The highest BCUT2D eigenvalue weighted by molar-refractivity contribution is 5.85. The first kappa shape index (κ1) is 19.2. The fourth-order valence-electron chi connectivity index (χ4n) is 2.46. The molecule has 0 aliphatic heterocycles. The van der Waals surface area contributed by atoms with Crippen molar-refractivity contribution in [3.8, 4) is 0 Å². The van der Waals surface area contributed by atoms with Crippen molar-refractivity contribution in [2.45, 2.75) is 44.9 Å². The van der Waals surface area contributed by atoms with E-state index in [1.165, 1.54) is 25.7 Å². The zero-order valence-electron chi connectivity index (χ0n) is 12.4. The summed E-state index contributed by atoms with van der Waals surface area (Å²) in [4.78, 5) is 23.0. The van der Waals surface area contributed by atoms with Gasteiger partial charge in [0.1, 0.15) is 0 Å². The highest BCUT2D eigenvalue weighted by Gasteiger charge is 2.16. The summed E-state index contributed by atoms with van der Waals surface area (Å²) in [5, 5.41) is 8.47. The molecule has 0 radical (unpaired) electrons. The Hall–Kier alpha value is -0.810. The smallest absolute Gasteiger partial charge is 0.239 e. The third-order valence-corrected chi connectivity index (χ3v) is 3.63. The number of hydrogen-bond donors (Lipinski definition) is 3. The molecular formula is C14H28ClN3O2. The van der Waals surface area contributed by atoms with Crippen LogP contribution in [0.2, 0.25) is 0 Å². The Morgan fingerprint density at radius 2 is 1.75 bits per heavy atom. The predicted octanol–water partition coefficient (Wildman–Crippen LogP) is 1.22. The topological polar surface area (TPSA) is 70.2 Å². The third kappa shape index (κ3) is 9.15. The minimum Gasteiger partial charge on any atom is -0.355 e. The van der Waals surface area contributed by atoms with Gasteiger partial charge in [-0.3, -0.25) is 9.59 Å². The molecule has 6 heteroatoms. The van der Waals surface area contributed by atoms with Gasteiger partial charge >= 0.3 is 0 Å². The summed E-state index contributed by atoms with van der Waals surface area (Å²) in [6, 6.07) is 0. The fraction of sp³-hybridized carbons (Fsp3) is 0.857. The number of carbonyl (C=O) groups is 2. The largest absolute Gasteiger partial charge is 0.355 e. The molecule has 20 heavy (non-hydrogen) atoms. The van der Waals surface area contributed by atoms with Crippen molar-refractivity contribution in [3.63, 3.8) is 0 Å².